The summed E-state index contributed by atoms with van der Waals surface area (Å²) in [5.41, 5.74) is 3.52. The third kappa shape index (κ3) is 4.53. The Kier molecular flexibility index (Phi) is 6.57. The molecule has 3 aromatic heterocycles. The fraction of sp³-hybridized carbons (Fsp3) is 0.464. The molecular formula is C28H33N7O3. The maximum absolute atomic E-state index is 13.6. The maximum Gasteiger partial charge on any atom is 0.289 e. The number of aromatic nitrogens is 5. The topological polar surface area (TPSA) is 113 Å². The van der Waals surface area contributed by atoms with Crippen LogP contribution < -0.4 is 5.56 Å². The van der Waals surface area contributed by atoms with Gasteiger partial charge in [-0.05, 0) is 72.3 Å². The Morgan fingerprint density at radius 2 is 1.87 bits per heavy atom. The largest absolute Gasteiger partial charge is 0.459 e. The molecule has 198 valence electrons. The molecule has 1 N–H and O–H groups in total. The summed E-state index contributed by atoms with van der Waals surface area (Å²) in [6, 6.07) is 9.38. The van der Waals surface area contributed by atoms with Gasteiger partial charge in [0.05, 0.1) is 17.8 Å². The van der Waals surface area contributed by atoms with Crippen molar-refractivity contribution in [2.45, 2.75) is 58.0 Å². The van der Waals surface area contributed by atoms with Crippen LogP contribution in [-0.4, -0.2) is 67.1 Å². The third-order valence-corrected chi connectivity index (χ3v) is 8.00. The number of tetrazole rings is 1. The van der Waals surface area contributed by atoms with Gasteiger partial charge in [-0.2, -0.15) is 0 Å². The molecule has 1 aliphatic carbocycles. The van der Waals surface area contributed by atoms with E-state index in [0.29, 0.717) is 43.3 Å². The van der Waals surface area contributed by atoms with Gasteiger partial charge < -0.3 is 14.3 Å². The molecule has 4 heterocycles. The molecule has 2 aliphatic rings. The number of hydrogen-bond donors (Lipinski definition) is 1. The molecule has 0 spiro atoms. The molecule has 10 nitrogen and oxygen atoms in total. The first kappa shape index (κ1) is 24.5. The fourth-order valence-corrected chi connectivity index (χ4v) is 6.11. The van der Waals surface area contributed by atoms with Crippen molar-refractivity contribution in [2.75, 3.05) is 26.2 Å². The number of rotatable bonds is 5. The molecule has 38 heavy (non-hydrogen) atoms. The van der Waals surface area contributed by atoms with Gasteiger partial charge in [0.25, 0.3) is 11.5 Å². The van der Waals surface area contributed by atoms with Crippen LogP contribution in [0.2, 0.25) is 0 Å². The second-order valence-corrected chi connectivity index (χ2v) is 10.6. The molecule has 6 rings (SSSR count). The average Bonchev–Trinajstić information content (AvgIpc) is 3.63. The van der Waals surface area contributed by atoms with Gasteiger partial charge in [-0.25, -0.2) is 4.68 Å². The Morgan fingerprint density at radius 3 is 2.61 bits per heavy atom. The summed E-state index contributed by atoms with van der Waals surface area (Å²) in [5, 5.41) is 14.0. The predicted octanol–water partition coefficient (Wildman–Crippen LogP) is 3.78. The van der Waals surface area contributed by atoms with E-state index < -0.39 is 6.04 Å². The van der Waals surface area contributed by atoms with Crippen molar-refractivity contribution < 1.29 is 9.21 Å². The van der Waals surface area contributed by atoms with Crippen molar-refractivity contribution in [3.63, 3.8) is 0 Å². The summed E-state index contributed by atoms with van der Waals surface area (Å²) in [6.07, 6.45) is 7.10. The molecule has 1 aromatic carbocycles. The molecule has 10 heteroatoms. The van der Waals surface area contributed by atoms with Gasteiger partial charge in [-0.3, -0.25) is 14.5 Å². The monoisotopic (exact) mass is 515 g/mol. The maximum atomic E-state index is 13.6. The zero-order valence-electron chi connectivity index (χ0n) is 21.9. The first-order chi connectivity index (χ1) is 18.5. The fourth-order valence-electron chi connectivity index (χ4n) is 6.11. The minimum Gasteiger partial charge on any atom is -0.459 e. The van der Waals surface area contributed by atoms with E-state index in [1.165, 1.54) is 12.7 Å². The second kappa shape index (κ2) is 10.2. The molecule has 0 radical (unpaired) electrons. The summed E-state index contributed by atoms with van der Waals surface area (Å²) < 4.78 is 7.28. The quantitative estimate of drug-likeness (QED) is 0.430. The standard InChI is InChI=1S/C28H33N7O3/c1-18-15-19(2)24-20(16-18)17-22(27(36)29-24)25(26-30-31-32-35(26)21-7-4-3-5-8-21)33-10-12-34(13-11-33)28(37)23-9-6-14-38-23/h6,9,14-17,21,25H,3-5,7-8,10-13H2,1-2H3,(H,29,36)/t25-/m0/s1. The molecule has 1 saturated heterocycles. The molecule has 1 aliphatic heterocycles. The van der Waals surface area contributed by atoms with E-state index in [2.05, 4.69) is 44.5 Å². The number of nitrogens with one attached hydrogen (secondary N) is 1. The molecule has 1 saturated carbocycles. The van der Waals surface area contributed by atoms with Crippen molar-refractivity contribution in [3.8, 4) is 0 Å². The van der Waals surface area contributed by atoms with E-state index in [9.17, 15) is 9.59 Å². The zero-order valence-corrected chi connectivity index (χ0v) is 21.9. The van der Waals surface area contributed by atoms with Crippen LogP contribution in [0.5, 0.6) is 0 Å². The number of amides is 1. The summed E-state index contributed by atoms with van der Waals surface area (Å²) in [6.45, 7) is 6.28. The third-order valence-electron chi connectivity index (χ3n) is 8.00. The van der Waals surface area contributed by atoms with Gasteiger partial charge in [0.15, 0.2) is 11.6 Å². The number of piperazine rings is 1. The highest BCUT2D eigenvalue weighted by atomic mass is 16.3. The van der Waals surface area contributed by atoms with Crippen LogP contribution in [0.25, 0.3) is 10.9 Å². The van der Waals surface area contributed by atoms with Crippen molar-refractivity contribution in [1.29, 1.82) is 0 Å². The minimum absolute atomic E-state index is 0.118. The Labute approximate surface area is 220 Å². The van der Waals surface area contributed by atoms with Crippen LogP contribution >= 0.6 is 0 Å². The van der Waals surface area contributed by atoms with Crippen LogP contribution in [0, 0.1) is 13.8 Å². The zero-order chi connectivity index (χ0) is 26.2. The van der Waals surface area contributed by atoms with E-state index in [4.69, 9.17) is 4.42 Å². The predicted molar refractivity (Wildman–Crippen MR) is 142 cm³/mol. The van der Waals surface area contributed by atoms with Gasteiger partial charge in [-0.1, -0.05) is 30.9 Å². The molecule has 4 aromatic rings. The lowest BCUT2D eigenvalue weighted by Crippen LogP contribution is -2.51. The summed E-state index contributed by atoms with van der Waals surface area (Å²) in [4.78, 5) is 33.7. The highest BCUT2D eigenvalue weighted by molar-refractivity contribution is 5.91. The molecule has 0 bridgehead atoms. The lowest BCUT2D eigenvalue weighted by molar-refractivity contribution is 0.0556. The number of hydrogen-bond acceptors (Lipinski definition) is 7. The average molecular weight is 516 g/mol. The van der Waals surface area contributed by atoms with Gasteiger partial charge in [0, 0.05) is 31.7 Å². The molecular weight excluding hydrogens is 482 g/mol. The molecule has 1 atom stereocenters. The van der Waals surface area contributed by atoms with Crippen molar-refractivity contribution in [2.24, 2.45) is 0 Å². The summed E-state index contributed by atoms with van der Waals surface area (Å²) in [5.74, 6) is 0.914. The number of benzene rings is 1. The highest BCUT2D eigenvalue weighted by Gasteiger charge is 2.35. The number of nitrogens with zero attached hydrogens (tertiary/aromatic N) is 6. The van der Waals surface area contributed by atoms with Crippen molar-refractivity contribution in [3.05, 3.63) is 75.2 Å². The first-order valence-electron chi connectivity index (χ1n) is 13.5. The number of aromatic amines is 1. The lowest BCUT2D eigenvalue weighted by atomic mass is 9.95. The number of aryl methyl sites for hydroxylation is 2. The summed E-state index contributed by atoms with van der Waals surface area (Å²) in [7, 11) is 0. The van der Waals surface area contributed by atoms with E-state index in [1.54, 1.807) is 17.0 Å². The normalized spacial score (nSPS) is 18.2. The number of carbonyl (C=O) groups is 1. The number of H-pyrrole nitrogens is 1. The molecule has 2 fully saturated rings. The van der Waals surface area contributed by atoms with Crippen LogP contribution in [0.3, 0.4) is 0 Å². The Balaban J connectivity index is 1.39. The SMILES string of the molecule is Cc1cc(C)c2[nH]c(=O)c([C@@H](c3nnnn3C3CCCCC3)N3CCN(C(=O)c4ccco4)CC3)cc2c1. The number of furan rings is 1. The van der Waals surface area contributed by atoms with E-state index >= 15 is 0 Å². The Bertz CT molecular complexity index is 1490. The Hall–Kier alpha value is -3.79. The van der Waals surface area contributed by atoms with Gasteiger partial charge in [0.1, 0.15) is 6.04 Å². The number of carbonyl (C=O) groups excluding carboxylic acids is 1. The first-order valence-corrected chi connectivity index (χ1v) is 13.5. The summed E-state index contributed by atoms with van der Waals surface area (Å²) >= 11 is 0. The molecule has 0 unspecified atom stereocenters. The van der Waals surface area contributed by atoms with Crippen molar-refractivity contribution in [1.82, 2.24) is 35.0 Å². The van der Waals surface area contributed by atoms with Crippen LogP contribution in [0.1, 0.15) is 77.3 Å². The number of fused-ring (bicyclic) bond motifs is 1. The van der Waals surface area contributed by atoms with Crippen molar-refractivity contribution >= 4 is 16.8 Å². The van der Waals surface area contributed by atoms with Gasteiger partial charge in [-0.15, -0.1) is 5.10 Å². The van der Waals surface area contributed by atoms with Crippen LogP contribution in [-0.2, 0) is 0 Å². The Morgan fingerprint density at radius 1 is 1.08 bits per heavy atom. The van der Waals surface area contributed by atoms with Gasteiger partial charge >= 0.3 is 0 Å². The smallest absolute Gasteiger partial charge is 0.289 e. The van der Waals surface area contributed by atoms with Crippen LogP contribution in [0.15, 0.2) is 45.8 Å². The molecule has 1 amide bonds. The van der Waals surface area contributed by atoms with Gasteiger partial charge in [0.2, 0.25) is 0 Å². The second-order valence-electron chi connectivity index (χ2n) is 10.6. The van der Waals surface area contributed by atoms with E-state index in [0.717, 1.165) is 47.7 Å². The lowest BCUT2D eigenvalue weighted by Gasteiger charge is -2.38. The van der Waals surface area contributed by atoms with E-state index in [-0.39, 0.29) is 17.5 Å². The van der Waals surface area contributed by atoms with Crippen LogP contribution in [0.4, 0.5) is 0 Å². The minimum atomic E-state index is -0.429. The van der Waals surface area contributed by atoms with E-state index in [1.807, 2.05) is 17.7 Å². The number of pyridine rings is 1. The highest BCUT2D eigenvalue weighted by Crippen LogP contribution is 2.34.